The van der Waals surface area contributed by atoms with Crippen LogP contribution in [0.2, 0.25) is 0 Å². The molecule has 0 aliphatic carbocycles. The summed E-state index contributed by atoms with van der Waals surface area (Å²) >= 11 is 8.46. The third-order valence-corrected chi connectivity index (χ3v) is 4.24. The molecule has 0 atom stereocenters. The van der Waals surface area contributed by atoms with Crippen molar-refractivity contribution >= 4 is 40.9 Å². The standard InChI is InChI=1S/C6H9NS3/c8-5-7-4-6-9-2-1-3-10-6/h6H,1-4H2. The molecule has 1 aliphatic rings. The van der Waals surface area contributed by atoms with Crippen LogP contribution in [0.3, 0.4) is 0 Å². The van der Waals surface area contributed by atoms with Gasteiger partial charge in [-0.3, -0.25) is 0 Å². The fraction of sp³-hybridized carbons (Fsp3) is 0.833. The maximum Gasteiger partial charge on any atom is 0.0705 e. The number of isothiocyanates is 1. The van der Waals surface area contributed by atoms with Crippen molar-refractivity contribution in [1.29, 1.82) is 0 Å². The average Bonchev–Trinajstić information content (AvgIpc) is 2.03. The number of hydrogen-bond donors (Lipinski definition) is 0. The SMILES string of the molecule is S=C=NCC1SCCCS1. The Hall–Kier alpha value is 0.500. The summed E-state index contributed by atoms with van der Waals surface area (Å²) in [5, 5.41) is 2.40. The fourth-order valence-electron chi connectivity index (χ4n) is 0.754. The molecule has 56 valence electrons. The lowest BCUT2D eigenvalue weighted by atomic mass is 10.6. The normalized spacial score (nSPS) is 20.0. The predicted octanol–water partition coefficient (Wildman–Crippen LogP) is 2.29. The van der Waals surface area contributed by atoms with E-state index in [2.05, 4.69) is 22.4 Å². The Balaban J connectivity index is 2.19. The van der Waals surface area contributed by atoms with Crippen molar-refractivity contribution in [2.45, 2.75) is 11.0 Å². The van der Waals surface area contributed by atoms with E-state index in [0.29, 0.717) is 4.58 Å². The summed E-state index contributed by atoms with van der Waals surface area (Å²) in [6.07, 6.45) is 1.34. The van der Waals surface area contributed by atoms with Gasteiger partial charge in [-0.05, 0) is 30.1 Å². The number of aliphatic imine (C=N–C) groups is 1. The number of nitrogens with zero attached hydrogens (tertiary/aromatic N) is 1. The molecule has 4 heteroatoms. The minimum Gasteiger partial charge on any atom is -0.230 e. The van der Waals surface area contributed by atoms with E-state index in [0.717, 1.165) is 6.54 Å². The molecule has 0 amide bonds. The third-order valence-electron chi connectivity index (χ3n) is 1.20. The van der Waals surface area contributed by atoms with Crippen LogP contribution in [0.5, 0.6) is 0 Å². The van der Waals surface area contributed by atoms with Crippen molar-refractivity contribution in [2.75, 3.05) is 18.1 Å². The lowest BCUT2D eigenvalue weighted by Crippen LogP contribution is -2.09. The Kier molecular flexibility index (Phi) is 4.46. The fourth-order valence-corrected chi connectivity index (χ4v) is 3.48. The molecule has 0 bridgehead atoms. The Morgan fingerprint density at radius 2 is 2.20 bits per heavy atom. The van der Waals surface area contributed by atoms with E-state index < -0.39 is 0 Å². The molecule has 0 saturated carbocycles. The van der Waals surface area contributed by atoms with Crippen molar-refractivity contribution in [2.24, 2.45) is 4.99 Å². The Morgan fingerprint density at radius 3 is 2.80 bits per heavy atom. The highest BCUT2D eigenvalue weighted by Gasteiger charge is 2.12. The van der Waals surface area contributed by atoms with Gasteiger partial charge in [0, 0.05) is 0 Å². The van der Waals surface area contributed by atoms with Crippen LogP contribution in [0, 0.1) is 0 Å². The maximum absolute atomic E-state index is 4.49. The van der Waals surface area contributed by atoms with Crippen LogP contribution in [0.1, 0.15) is 6.42 Å². The molecular formula is C6H9NS3. The molecule has 0 N–H and O–H groups in total. The highest BCUT2D eigenvalue weighted by atomic mass is 32.2. The van der Waals surface area contributed by atoms with Crippen LogP contribution in [0.4, 0.5) is 0 Å². The van der Waals surface area contributed by atoms with E-state index in [1.165, 1.54) is 17.9 Å². The second-order valence-corrected chi connectivity index (χ2v) is 5.06. The largest absolute Gasteiger partial charge is 0.230 e. The predicted molar refractivity (Wildman–Crippen MR) is 53.2 cm³/mol. The van der Waals surface area contributed by atoms with Gasteiger partial charge in [0.2, 0.25) is 0 Å². The van der Waals surface area contributed by atoms with Crippen LogP contribution >= 0.6 is 35.7 Å². The van der Waals surface area contributed by atoms with Crippen molar-refractivity contribution in [1.82, 2.24) is 0 Å². The highest BCUT2D eigenvalue weighted by molar-refractivity contribution is 8.17. The van der Waals surface area contributed by atoms with Crippen LogP contribution in [-0.4, -0.2) is 27.8 Å². The van der Waals surface area contributed by atoms with E-state index in [1.807, 2.05) is 23.5 Å². The van der Waals surface area contributed by atoms with Crippen LogP contribution < -0.4 is 0 Å². The van der Waals surface area contributed by atoms with Crippen LogP contribution in [0.25, 0.3) is 0 Å². The zero-order valence-corrected chi connectivity index (χ0v) is 8.03. The zero-order valence-electron chi connectivity index (χ0n) is 5.58. The van der Waals surface area contributed by atoms with Gasteiger partial charge in [0.1, 0.15) is 0 Å². The monoisotopic (exact) mass is 191 g/mol. The summed E-state index contributed by atoms with van der Waals surface area (Å²) in [5.74, 6) is 2.56. The second-order valence-electron chi connectivity index (χ2n) is 1.96. The first-order valence-corrected chi connectivity index (χ1v) is 5.71. The molecule has 0 spiro atoms. The number of thiocarbonyl (C=S) groups is 1. The quantitative estimate of drug-likeness (QED) is 0.491. The zero-order chi connectivity index (χ0) is 7.23. The summed E-state index contributed by atoms with van der Waals surface area (Å²) in [6.45, 7) is 0.846. The average molecular weight is 191 g/mol. The van der Waals surface area contributed by atoms with Crippen molar-refractivity contribution < 1.29 is 0 Å². The van der Waals surface area contributed by atoms with Crippen molar-refractivity contribution in [3.8, 4) is 0 Å². The van der Waals surface area contributed by atoms with Crippen LogP contribution in [-0.2, 0) is 0 Å². The first-order valence-electron chi connectivity index (χ1n) is 3.20. The lowest BCUT2D eigenvalue weighted by Gasteiger charge is -2.17. The van der Waals surface area contributed by atoms with Crippen LogP contribution in [0.15, 0.2) is 4.99 Å². The Labute approximate surface area is 75.1 Å². The van der Waals surface area contributed by atoms with Crippen molar-refractivity contribution in [3.05, 3.63) is 0 Å². The van der Waals surface area contributed by atoms with Gasteiger partial charge in [-0.25, -0.2) is 4.99 Å². The van der Waals surface area contributed by atoms with Gasteiger partial charge >= 0.3 is 0 Å². The summed E-state index contributed by atoms with van der Waals surface area (Å²) in [5.41, 5.74) is 0. The summed E-state index contributed by atoms with van der Waals surface area (Å²) in [6, 6.07) is 0. The van der Waals surface area contributed by atoms with Gasteiger partial charge in [0.25, 0.3) is 0 Å². The summed E-state index contributed by atoms with van der Waals surface area (Å²) in [7, 11) is 0. The minimum atomic E-state index is 0.643. The van der Waals surface area contributed by atoms with Crippen molar-refractivity contribution in [3.63, 3.8) is 0 Å². The van der Waals surface area contributed by atoms with E-state index in [1.54, 1.807) is 0 Å². The number of hydrogen-bond acceptors (Lipinski definition) is 4. The Morgan fingerprint density at radius 1 is 1.50 bits per heavy atom. The molecule has 10 heavy (non-hydrogen) atoms. The maximum atomic E-state index is 4.49. The molecule has 1 fully saturated rings. The minimum absolute atomic E-state index is 0.643. The summed E-state index contributed by atoms with van der Waals surface area (Å²) < 4.78 is 0.643. The van der Waals surface area contributed by atoms with E-state index >= 15 is 0 Å². The van der Waals surface area contributed by atoms with E-state index in [-0.39, 0.29) is 0 Å². The van der Waals surface area contributed by atoms with Gasteiger partial charge in [0.15, 0.2) is 0 Å². The molecule has 1 rings (SSSR count). The molecule has 1 saturated heterocycles. The van der Waals surface area contributed by atoms with Gasteiger partial charge < -0.3 is 0 Å². The third kappa shape index (κ3) is 3.06. The smallest absolute Gasteiger partial charge is 0.0705 e. The molecule has 0 aromatic rings. The molecule has 1 aliphatic heterocycles. The lowest BCUT2D eigenvalue weighted by molar-refractivity contribution is 1.05. The molecule has 0 unspecified atom stereocenters. The Bertz CT molecular complexity index is 136. The molecule has 0 radical (unpaired) electrons. The second kappa shape index (κ2) is 5.19. The highest BCUT2D eigenvalue weighted by Crippen LogP contribution is 2.30. The molecule has 1 nitrogen and oxygen atoms in total. The van der Waals surface area contributed by atoms with Gasteiger partial charge in [-0.1, -0.05) is 0 Å². The number of thioether (sulfide) groups is 2. The van der Waals surface area contributed by atoms with Gasteiger partial charge in [-0.2, -0.15) is 0 Å². The molecule has 0 aromatic carbocycles. The van der Waals surface area contributed by atoms with Gasteiger partial charge in [-0.15, -0.1) is 23.5 Å². The molecule has 1 heterocycles. The first-order chi connectivity index (χ1) is 4.93. The molecular weight excluding hydrogens is 182 g/mol. The first kappa shape index (κ1) is 8.60. The van der Waals surface area contributed by atoms with E-state index in [9.17, 15) is 0 Å². The topological polar surface area (TPSA) is 12.4 Å². The van der Waals surface area contributed by atoms with Gasteiger partial charge in [0.05, 0.1) is 16.3 Å². The number of rotatable bonds is 2. The molecule has 0 aromatic heterocycles. The van der Waals surface area contributed by atoms with E-state index in [4.69, 9.17) is 0 Å². The summed E-state index contributed by atoms with van der Waals surface area (Å²) in [4.78, 5) is 3.92.